The van der Waals surface area contributed by atoms with Crippen LogP contribution in [-0.4, -0.2) is 50.7 Å². The summed E-state index contributed by atoms with van der Waals surface area (Å²) in [6.07, 6.45) is 2.01. The van der Waals surface area contributed by atoms with Gasteiger partial charge >= 0.3 is 0 Å². The second kappa shape index (κ2) is 11.4. The van der Waals surface area contributed by atoms with Gasteiger partial charge in [-0.05, 0) is 37.2 Å². The molecule has 1 aromatic carbocycles. The molecule has 2 aromatic rings. The average Bonchev–Trinajstić information content (AvgIpc) is 2.72. The zero-order valence-corrected chi connectivity index (χ0v) is 17.8. The van der Waals surface area contributed by atoms with E-state index in [0.717, 1.165) is 6.54 Å². The number of rotatable bonds is 12. The number of alkyl halides is 1. The lowest BCUT2D eigenvalue weighted by molar-refractivity contribution is 0.512. The van der Waals surface area contributed by atoms with Crippen molar-refractivity contribution < 1.29 is 12.8 Å². The first-order valence-electron chi connectivity index (χ1n) is 9.53. The molecule has 1 heterocycles. The summed E-state index contributed by atoms with van der Waals surface area (Å²) in [6.45, 7) is 4.56. The predicted molar refractivity (Wildman–Crippen MR) is 114 cm³/mol. The van der Waals surface area contributed by atoms with E-state index < -0.39 is 16.7 Å². The number of hydrogen-bond donors (Lipinski definition) is 4. The van der Waals surface area contributed by atoms with Crippen molar-refractivity contribution in [2.45, 2.75) is 31.2 Å². The van der Waals surface area contributed by atoms with E-state index in [9.17, 15) is 12.8 Å². The molecule has 0 bridgehead atoms. The highest BCUT2D eigenvalue weighted by atomic mass is 32.2. The first-order chi connectivity index (χ1) is 14.4. The van der Waals surface area contributed by atoms with E-state index in [1.165, 1.54) is 18.3 Å². The molecule has 0 fully saturated rings. The van der Waals surface area contributed by atoms with Crippen molar-refractivity contribution in [3.05, 3.63) is 36.0 Å². The largest absolute Gasteiger partial charge is 0.366 e. The number of anilines is 3. The Labute approximate surface area is 176 Å². The van der Waals surface area contributed by atoms with E-state index >= 15 is 0 Å². The molecule has 0 aliphatic heterocycles. The van der Waals surface area contributed by atoms with Crippen LogP contribution in [0.15, 0.2) is 35.4 Å². The summed E-state index contributed by atoms with van der Waals surface area (Å²) in [4.78, 5) is 8.35. The number of aromatic nitrogens is 2. The van der Waals surface area contributed by atoms with Crippen LogP contribution in [0.2, 0.25) is 0 Å². The summed E-state index contributed by atoms with van der Waals surface area (Å²) >= 11 is 0. The number of nitrogens with one attached hydrogen (secondary N) is 4. The molecular formula is C19H26FN7O2S. The molecule has 0 spiro atoms. The molecule has 11 heteroatoms. The molecule has 4 N–H and O–H groups in total. The molecule has 2 rings (SSSR count). The highest BCUT2D eigenvalue weighted by Crippen LogP contribution is 2.19. The molecule has 162 valence electrons. The van der Waals surface area contributed by atoms with Crippen molar-refractivity contribution >= 4 is 27.5 Å². The predicted octanol–water partition coefficient (Wildman–Crippen LogP) is 2.14. The smallest absolute Gasteiger partial charge is 0.240 e. The molecule has 0 saturated carbocycles. The Hall–Kier alpha value is -2.81. The molecule has 0 unspecified atom stereocenters. The Morgan fingerprint density at radius 3 is 2.53 bits per heavy atom. The maximum absolute atomic E-state index is 12.4. The molecular weight excluding hydrogens is 409 g/mol. The van der Waals surface area contributed by atoms with Crippen LogP contribution in [-0.2, 0) is 10.0 Å². The summed E-state index contributed by atoms with van der Waals surface area (Å²) in [7, 11) is -3.59. The van der Waals surface area contributed by atoms with E-state index in [1.54, 1.807) is 12.1 Å². The van der Waals surface area contributed by atoms with Gasteiger partial charge in [-0.3, -0.25) is 0 Å². The van der Waals surface area contributed by atoms with Gasteiger partial charge in [-0.1, -0.05) is 13.8 Å². The molecule has 1 aromatic heterocycles. The average molecular weight is 436 g/mol. The van der Waals surface area contributed by atoms with Gasteiger partial charge in [-0.15, -0.1) is 0 Å². The van der Waals surface area contributed by atoms with Crippen molar-refractivity contribution in [2.24, 2.45) is 0 Å². The quantitative estimate of drug-likeness (QED) is 0.373. The van der Waals surface area contributed by atoms with Crippen molar-refractivity contribution in [3.8, 4) is 6.07 Å². The van der Waals surface area contributed by atoms with E-state index in [1.807, 2.05) is 19.9 Å². The fourth-order valence-electron chi connectivity index (χ4n) is 2.44. The maximum atomic E-state index is 12.4. The first-order valence-corrected chi connectivity index (χ1v) is 11.0. The topological polar surface area (TPSA) is 132 Å². The van der Waals surface area contributed by atoms with Crippen molar-refractivity contribution in [1.29, 1.82) is 5.26 Å². The van der Waals surface area contributed by atoms with Gasteiger partial charge in [0.25, 0.3) is 0 Å². The Balaban J connectivity index is 1.99. The highest BCUT2D eigenvalue weighted by molar-refractivity contribution is 7.89. The second-order valence-electron chi connectivity index (χ2n) is 6.69. The van der Waals surface area contributed by atoms with Crippen molar-refractivity contribution in [1.82, 2.24) is 20.0 Å². The Morgan fingerprint density at radius 1 is 1.17 bits per heavy atom. The van der Waals surface area contributed by atoms with E-state index in [-0.39, 0.29) is 28.8 Å². The van der Waals surface area contributed by atoms with Crippen LogP contribution in [0.4, 0.5) is 21.8 Å². The van der Waals surface area contributed by atoms with Crippen LogP contribution in [0.3, 0.4) is 0 Å². The standard InChI is InChI=1S/C19H26FN7O2S/c1-14(2)22-9-3-10-25-30(28,29)17-6-4-16(5-7-17)26-19-24-13-15(12-21)18(27-19)23-11-8-20/h4-7,13-14,22,25H,3,8-11H2,1-2H3,(H2,23,24,26,27). The lowest BCUT2D eigenvalue weighted by atomic mass is 10.3. The normalized spacial score (nSPS) is 11.3. The molecule has 0 amide bonds. The molecule has 0 radical (unpaired) electrons. The van der Waals surface area contributed by atoms with Gasteiger partial charge in [-0.2, -0.15) is 10.2 Å². The second-order valence-corrected chi connectivity index (χ2v) is 8.46. The van der Waals surface area contributed by atoms with Gasteiger partial charge in [0, 0.05) is 24.8 Å². The number of nitrogens with zero attached hydrogens (tertiary/aromatic N) is 3. The monoisotopic (exact) mass is 435 g/mol. The van der Waals surface area contributed by atoms with Crippen molar-refractivity contribution in [2.75, 3.05) is 36.9 Å². The number of nitriles is 1. The number of sulfonamides is 1. The van der Waals surface area contributed by atoms with Crippen LogP contribution in [0, 0.1) is 11.3 Å². The summed E-state index contributed by atoms with van der Waals surface area (Å²) in [5.41, 5.74) is 0.765. The SMILES string of the molecule is CC(C)NCCCNS(=O)(=O)c1ccc(Nc2ncc(C#N)c(NCCF)n2)cc1. The summed E-state index contributed by atoms with van der Waals surface area (Å²) in [5.74, 6) is 0.421. The Morgan fingerprint density at radius 2 is 1.90 bits per heavy atom. The molecule has 9 nitrogen and oxygen atoms in total. The van der Waals surface area contributed by atoms with Crippen LogP contribution in [0.5, 0.6) is 0 Å². The fraction of sp³-hybridized carbons (Fsp3) is 0.421. The molecule has 30 heavy (non-hydrogen) atoms. The number of halogens is 1. The van der Waals surface area contributed by atoms with Gasteiger partial charge in [0.1, 0.15) is 24.1 Å². The third kappa shape index (κ3) is 7.22. The van der Waals surface area contributed by atoms with Gasteiger partial charge in [0.2, 0.25) is 16.0 Å². The maximum Gasteiger partial charge on any atom is 0.240 e. The molecule has 0 saturated heterocycles. The minimum Gasteiger partial charge on any atom is -0.366 e. The van der Waals surface area contributed by atoms with E-state index in [0.29, 0.717) is 24.7 Å². The van der Waals surface area contributed by atoms with Crippen LogP contribution < -0.4 is 20.7 Å². The molecule has 0 aliphatic rings. The van der Waals surface area contributed by atoms with Gasteiger partial charge < -0.3 is 16.0 Å². The highest BCUT2D eigenvalue weighted by Gasteiger charge is 2.13. The van der Waals surface area contributed by atoms with Gasteiger partial charge in [0.05, 0.1) is 11.1 Å². The minimum absolute atomic E-state index is 0.0260. The zero-order chi connectivity index (χ0) is 22.0. The van der Waals surface area contributed by atoms with Crippen LogP contribution in [0.1, 0.15) is 25.8 Å². The zero-order valence-electron chi connectivity index (χ0n) is 16.9. The fourth-order valence-corrected chi connectivity index (χ4v) is 3.51. The summed E-state index contributed by atoms with van der Waals surface area (Å²) < 4.78 is 39.7. The molecule has 0 aliphatic carbocycles. The van der Waals surface area contributed by atoms with Gasteiger partial charge in [0.15, 0.2) is 0 Å². The minimum atomic E-state index is -3.59. The number of benzene rings is 1. The Bertz CT molecular complexity index is 960. The van der Waals surface area contributed by atoms with E-state index in [4.69, 9.17) is 5.26 Å². The molecule has 0 atom stereocenters. The summed E-state index contributed by atoms with van der Waals surface area (Å²) in [5, 5.41) is 18.0. The Kier molecular flexibility index (Phi) is 8.91. The van der Waals surface area contributed by atoms with Crippen LogP contribution in [0.25, 0.3) is 0 Å². The van der Waals surface area contributed by atoms with Crippen LogP contribution >= 0.6 is 0 Å². The first kappa shape index (κ1) is 23.5. The number of hydrogen-bond acceptors (Lipinski definition) is 8. The van der Waals surface area contributed by atoms with E-state index in [2.05, 4.69) is 30.6 Å². The third-order valence-electron chi connectivity index (χ3n) is 3.92. The lowest BCUT2D eigenvalue weighted by Gasteiger charge is -2.11. The summed E-state index contributed by atoms with van der Waals surface area (Å²) in [6, 6.07) is 8.42. The van der Waals surface area contributed by atoms with Crippen molar-refractivity contribution in [3.63, 3.8) is 0 Å². The van der Waals surface area contributed by atoms with Gasteiger partial charge in [-0.25, -0.2) is 22.5 Å². The lowest BCUT2D eigenvalue weighted by Crippen LogP contribution is -2.29. The third-order valence-corrected chi connectivity index (χ3v) is 5.39.